The van der Waals surface area contributed by atoms with E-state index in [0.717, 1.165) is 0 Å². The number of benzene rings is 1. The van der Waals surface area contributed by atoms with Crippen molar-refractivity contribution in [3.05, 3.63) is 33.9 Å². The van der Waals surface area contributed by atoms with Gasteiger partial charge in [0.2, 0.25) is 0 Å². The van der Waals surface area contributed by atoms with Crippen LogP contribution < -0.4 is 4.74 Å². The van der Waals surface area contributed by atoms with Crippen molar-refractivity contribution in [2.75, 3.05) is 20.7 Å². The summed E-state index contributed by atoms with van der Waals surface area (Å²) in [6.07, 6.45) is 0.202. The second-order valence-corrected chi connectivity index (χ2v) is 4.36. The van der Waals surface area contributed by atoms with Gasteiger partial charge in [0.1, 0.15) is 11.3 Å². The number of methoxy groups -OCH3 is 1. The third-order valence-corrected chi connectivity index (χ3v) is 2.86. The topological polar surface area (TPSA) is 110 Å². The maximum absolute atomic E-state index is 12.2. The average molecular weight is 296 g/mol. The van der Waals surface area contributed by atoms with Crippen LogP contribution in [-0.4, -0.2) is 47.5 Å². The van der Waals surface area contributed by atoms with Crippen molar-refractivity contribution < 1.29 is 24.4 Å². The fourth-order valence-corrected chi connectivity index (χ4v) is 1.75. The van der Waals surface area contributed by atoms with Crippen molar-refractivity contribution in [1.29, 1.82) is 0 Å². The van der Waals surface area contributed by atoms with Crippen LogP contribution in [0, 0.1) is 10.1 Å². The molecule has 0 aliphatic carbocycles. The SMILES string of the molecule is COc1ccc([N+](=O)[O-])c(C(=O)N(C)CCCC(=O)O)c1. The summed E-state index contributed by atoms with van der Waals surface area (Å²) >= 11 is 0. The molecule has 0 aromatic heterocycles. The number of ether oxygens (including phenoxy) is 1. The van der Waals surface area contributed by atoms with Gasteiger partial charge in [0.25, 0.3) is 11.6 Å². The molecule has 0 saturated heterocycles. The van der Waals surface area contributed by atoms with Gasteiger partial charge in [0.15, 0.2) is 0 Å². The molecule has 0 spiro atoms. The average Bonchev–Trinajstić information content (AvgIpc) is 2.45. The van der Waals surface area contributed by atoms with E-state index >= 15 is 0 Å². The van der Waals surface area contributed by atoms with E-state index in [9.17, 15) is 19.7 Å². The second-order valence-electron chi connectivity index (χ2n) is 4.36. The minimum atomic E-state index is -0.955. The molecule has 114 valence electrons. The van der Waals surface area contributed by atoms with Crippen LogP contribution in [0.1, 0.15) is 23.2 Å². The Kier molecular flexibility index (Phi) is 5.65. The molecule has 21 heavy (non-hydrogen) atoms. The van der Waals surface area contributed by atoms with Gasteiger partial charge in [0.05, 0.1) is 12.0 Å². The van der Waals surface area contributed by atoms with Gasteiger partial charge in [-0.25, -0.2) is 0 Å². The standard InChI is InChI=1S/C13H16N2O6/c1-14(7-3-4-12(16)17)13(18)10-8-9(21-2)5-6-11(10)15(19)20/h5-6,8H,3-4,7H2,1-2H3,(H,16,17). The van der Waals surface area contributed by atoms with E-state index in [4.69, 9.17) is 9.84 Å². The molecule has 0 radical (unpaired) electrons. The number of nitrogens with zero attached hydrogens (tertiary/aromatic N) is 2. The molecule has 0 fully saturated rings. The highest BCUT2D eigenvalue weighted by molar-refractivity contribution is 5.98. The molecule has 1 aromatic rings. The predicted molar refractivity (Wildman–Crippen MR) is 73.5 cm³/mol. The largest absolute Gasteiger partial charge is 0.497 e. The zero-order valence-corrected chi connectivity index (χ0v) is 11.7. The van der Waals surface area contributed by atoms with Gasteiger partial charge < -0.3 is 14.7 Å². The Labute approximate surface area is 121 Å². The predicted octanol–water partition coefficient (Wildman–Crippen LogP) is 1.54. The van der Waals surface area contributed by atoms with Crippen LogP contribution in [-0.2, 0) is 4.79 Å². The van der Waals surface area contributed by atoms with Crippen molar-refractivity contribution in [2.45, 2.75) is 12.8 Å². The monoisotopic (exact) mass is 296 g/mol. The van der Waals surface area contributed by atoms with Gasteiger partial charge in [-0.15, -0.1) is 0 Å². The van der Waals surface area contributed by atoms with Crippen LogP contribution in [0.3, 0.4) is 0 Å². The molecule has 0 saturated carbocycles. The zero-order chi connectivity index (χ0) is 16.0. The first-order chi connectivity index (χ1) is 9.86. The molecule has 0 heterocycles. The fourth-order valence-electron chi connectivity index (χ4n) is 1.75. The van der Waals surface area contributed by atoms with Gasteiger partial charge >= 0.3 is 5.97 Å². The highest BCUT2D eigenvalue weighted by atomic mass is 16.6. The van der Waals surface area contributed by atoms with Crippen molar-refractivity contribution in [3.63, 3.8) is 0 Å². The molecule has 8 heteroatoms. The van der Waals surface area contributed by atoms with E-state index in [1.165, 1.54) is 37.3 Å². The lowest BCUT2D eigenvalue weighted by molar-refractivity contribution is -0.385. The number of carbonyl (C=O) groups is 2. The lowest BCUT2D eigenvalue weighted by Crippen LogP contribution is -2.28. The summed E-state index contributed by atoms with van der Waals surface area (Å²) in [7, 11) is 2.86. The highest BCUT2D eigenvalue weighted by Crippen LogP contribution is 2.25. The molecule has 0 aliphatic heterocycles. The van der Waals surface area contributed by atoms with Gasteiger partial charge in [-0.3, -0.25) is 19.7 Å². The van der Waals surface area contributed by atoms with E-state index in [0.29, 0.717) is 5.75 Å². The number of carboxylic acid groups (broad SMARTS) is 1. The number of rotatable bonds is 7. The number of carboxylic acids is 1. The number of carbonyl (C=O) groups excluding carboxylic acids is 1. The van der Waals surface area contributed by atoms with Crippen LogP contribution >= 0.6 is 0 Å². The quantitative estimate of drug-likeness (QED) is 0.603. The normalized spacial score (nSPS) is 10.0. The Bertz CT molecular complexity index is 558. The summed E-state index contributed by atoms with van der Waals surface area (Å²) in [6, 6.07) is 3.91. The molecule has 8 nitrogen and oxygen atoms in total. The van der Waals surface area contributed by atoms with E-state index in [2.05, 4.69) is 0 Å². The third-order valence-electron chi connectivity index (χ3n) is 2.86. The maximum atomic E-state index is 12.2. The van der Waals surface area contributed by atoms with E-state index in [1.807, 2.05) is 0 Å². The summed E-state index contributed by atoms with van der Waals surface area (Å²) in [5.41, 5.74) is -0.400. The maximum Gasteiger partial charge on any atom is 0.303 e. The molecular weight excluding hydrogens is 280 g/mol. The van der Waals surface area contributed by atoms with Crippen LogP contribution in [0.25, 0.3) is 0 Å². The number of nitro groups is 1. The molecule has 0 bridgehead atoms. The molecule has 0 atom stereocenters. The Hall–Kier alpha value is -2.64. The van der Waals surface area contributed by atoms with Crippen molar-refractivity contribution in [1.82, 2.24) is 4.90 Å². The molecule has 1 N–H and O–H groups in total. The van der Waals surface area contributed by atoms with Crippen molar-refractivity contribution in [2.24, 2.45) is 0 Å². The number of aliphatic carboxylic acids is 1. The summed E-state index contributed by atoms with van der Waals surface area (Å²) in [6.45, 7) is 0.194. The molecule has 1 aromatic carbocycles. The minimum Gasteiger partial charge on any atom is -0.497 e. The number of nitro benzene ring substituents is 1. The molecule has 1 amide bonds. The molecule has 0 aliphatic rings. The lowest BCUT2D eigenvalue weighted by Gasteiger charge is -2.17. The Morgan fingerprint density at radius 1 is 1.43 bits per heavy atom. The molecular formula is C13H16N2O6. The number of hydrogen-bond donors (Lipinski definition) is 1. The smallest absolute Gasteiger partial charge is 0.303 e. The van der Waals surface area contributed by atoms with Crippen LogP contribution in [0.15, 0.2) is 18.2 Å². The Morgan fingerprint density at radius 3 is 2.62 bits per heavy atom. The summed E-state index contributed by atoms with van der Waals surface area (Å²) < 4.78 is 4.96. The first kappa shape index (κ1) is 16.4. The van der Waals surface area contributed by atoms with Crippen molar-refractivity contribution >= 4 is 17.6 Å². The molecule has 1 rings (SSSR count). The summed E-state index contributed by atoms with van der Waals surface area (Å²) in [5.74, 6) is -1.17. The Morgan fingerprint density at radius 2 is 2.10 bits per heavy atom. The first-order valence-corrected chi connectivity index (χ1v) is 6.16. The van der Waals surface area contributed by atoms with Crippen LogP contribution in [0.4, 0.5) is 5.69 Å². The van der Waals surface area contributed by atoms with Gasteiger partial charge in [-0.05, 0) is 18.6 Å². The highest BCUT2D eigenvalue weighted by Gasteiger charge is 2.23. The summed E-state index contributed by atoms with van der Waals surface area (Å²) in [4.78, 5) is 34.3. The zero-order valence-electron chi connectivity index (χ0n) is 11.7. The van der Waals surface area contributed by atoms with Crippen molar-refractivity contribution in [3.8, 4) is 5.75 Å². The van der Waals surface area contributed by atoms with Gasteiger partial charge in [-0.1, -0.05) is 0 Å². The second kappa shape index (κ2) is 7.22. The van der Waals surface area contributed by atoms with Crippen LogP contribution in [0.2, 0.25) is 0 Å². The van der Waals surface area contributed by atoms with Crippen LogP contribution in [0.5, 0.6) is 5.75 Å². The van der Waals surface area contributed by atoms with E-state index < -0.39 is 16.8 Å². The first-order valence-electron chi connectivity index (χ1n) is 6.16. The minimum absolute atomic E-state index is 0.0716. The number of amides is 1. The third kappa shape index (κ3) is 4.44. The number of hydrogen-bond acceptors (Lipinski definition) is 5. The van der Waals surface area contributed by atoms with E-state index in [1.54, 1.807) is 0 Å². The van der Waals surface area contributed by atoms with E-state index in [-0.39, 0.29) is 30.6 Å². The lowest BCUT2D eigenvalue weighted by atomic mass is 10.1. The summed E-state index contributed by atoms with van der Waals surface area (Å²) in [5, 5.41) is 19.5. The Balaban J connectivity index is 2.93. The molecule has 0 unspecified atom stereocenters. The van der Waals surface area contributed by atoms with Gasteiger partial charge in [-0.2, -0.15) is 0 Å². The van der Waals surface area contributed by atoms with Gasteiger partial charge in [0, 0.05) is 26.1 Å². The fraction of sp³-hybridized carbons (Fsp3) is 0.385.